The number of fused-ring (bicyclic) bond motifs is 1. The van der Waals surface area contributed by atoms with Gasteiger partial charge in [-0.1, -0.05) is 18.2 Å². The summed E-state index contributed by atoms with van der Waals surface area (Å²) in [7, 11) is 0. The number of aromatic amines is 1. The van der Waals surface area contributed by atoms with Crippen LogP contribution in [-0.2, 0) is 13.0 Å². The maximum atomic E-state index is 11.8. The molecule has 0 atom stereocenters. The molecule has 3 rings (SSSR count). The number of nitriles is 1. The molecule has 0 spiro atoms. The molecule has 2 aromatic rings. The predicted octanol–water partition coefficient (Wildman–Crippen LogP) is 2.12. The van der Waals surface area contributed by atoms with Crippen molar-refractivity contribution in [2.75, 3.05) is 11.4 Å². The average Bonchev–Trinajstić information content (AvgIpc) is 2.48. The van der Waals surface area contributed by atoms with Gasteiger partial charge in [0.15, 0.2) is 0 Å². The van der Waals surface area contributed by atoms with Crippen molar-refractivity contribution in [2.24, 2.45) is 0 Å². The van der Waals surface area contributed by atoms with Gasteiger partial charge in [-0.05, 0) is 36.6 Å². The first-order chi connectivity index (χ1) is 9.70. The Morgan fingerprint density at radius 2 is 2.00 bits per heavy atom. The Labute approximate surface area is 117 Å². The summed E-state index contributed by atoms with van der Waals surface area (Å²) in [4.78, 5) is 16.9. The van der Waals surface area contributed by atoms with Crippen molar-refractivity contribution in [1.29, 1.82) is 5.26 Å². The number of nitrogens with zero attached hydrogens (tertiary/aromatic N) is 2. The van der Waals surface area contributed by atoms with Crippen LogP contribution in [0.4, 0.5) is 5.69 Å². The largest absolute Gasteiger partial charge is 0.367 e. The SMILES string of the molecule is Cc1[nH]c(=O)c(C#N)c2c1CN(c1ccccc1)CC2. The van der Waals surface area contributed by atoms with Gasteiger partial charge in [-0.3, -0.25) is 4.79 Å². The van der Waals surface area contributed by atoms with E-state index in [1.54, 1.807) is 0 Å². The molecule has 4 nitrogen and oxygen atoms in total. The smallest absolute Gasteiger partial charge is 0.266 e. The molecular formula is C16H15N3O. The molecule has 0 radical (unpaired) electrons. The minimum Gasteiger partial charge on any atom is -0.367 e. The number of para-hydroxylation sites is 1. The number of aromatic nitrogens is 1. The van der Waals surface area contributed by atoms with Gasteiger partial charge in [-0.2, -0.15) is 5.26 Å². The summed E-state index contributed by atoms with van der Waals surface area (Å²) < 4.78 is 0. The normalized spacial score (nSPS) is 13.7. The lowest BCUT2D eigenvalue weighted by atomic mass is 9.94. The van der Waals surface area contributed by atoms with E-state index in [9.17, 15) is 4.79 Å². The zero-order valence-corrected chi connectivity index (χ0v) is 11.3. The molecule has 4 heteroatoms. The van der Waals surface area contributed by atoms with Gasteiger partial charge in [-0.25, -0.2) is 0 Å². The molecule has 1 N–H and O–H groups in total. The van der Waals surface area contributed by atoms with Crippen molar-refractivity contribution in [2.45, 2.75) is 19.9 Å². The van der Waals surface area contributed by atoms with E-state index >= 15 is 0 Å². The quantitative estimate of drug-likeness (QED) is 0.859. The number of nitrogens with one attached hydrogen (secondary N) is 1. The van der Waals surface area contributed by atoms with Crippen molar-refractivity contribution in [3.63, 3.8) is 0 Å². The number of anilines is 1. The van der Waals surface area contributed by atoms with Crippen molar-refractivity contribution in [1.82, 2.24) is 4.98 Å². The summed E-state index contributed by atoms with van der Waals surface area (Å²) in [5.74, 6) is 0. The van der Waals surface area contributed by atoms with E-state index in [0.717, 1.165) is 36.3 Å². The molecule has 0 aliphatic carbocycles. The van der Waals surface area contributed by atoms with Gasteiger partial charge in [0.1, 0.15) is 11.6 Å². The number of hydrogen-bond donors (Lipinski definition) is 1. The fourth-order valence-electron chi connectivity index (χ4n) is 2.81. The Kier molecular flexibility index (Phi) is 3.03. The van der Waals surface area contributed by atoms with Gasteiger partial charge in [0.05, 0.1) is 0 Å². The molecule has 0 saturated heterocycles. The molecular weight excluding hydrogens is 250 g/mol. The Morgan fingerprint density at radius 1 is 1.25 bits per heavy atom. The van der Waals surface area contributed by atoms with Crippen LogP contribution in [0.1, 0.15) is 22.4 Å². The van der Waals surface area contributed by atoms with Crippen molar-refractivity contribution in [3.05, 3.63) is 63.1 Å². The van der Waals surface area contributed by atoms with Crippen molar-refractivity contribution >= 4 is 5.69 Å². The molecule has 1 aliphatic rings. The third-order valence-electron chi connectivity index (χ3n) is 3.86. The Hall–Kier alpha value is -2.54. The Bertz CT molecular complexity index is 741. The molecule has 0 unspecified atom stereocenters. The van der Waals surface area contributed by atoms with Crippen LogP contribution in [-0.4, -0.2) is 11.5 Å². The molecule has 0 fully saturated rings. The second-order valence-corrected chi connectivity index (χ2v) is 5.03. The lowest BCUT2D eigenvalue weighted by Crippen LogP contribution is -2.33. The van der Waals surface area contributed by atoms with Gasteiger partial charge in [0.2, 0.25) is 0 Å². The summed E-state index contributed by atoms with van der Waals surface area (Å²) in [6.45, 7) is 3.46. The van der Waals surface area contributed by atoms with E-state index < -0.39 is 0 Å². The molecule has 1 aliphatic heterocycles. The third-order valence-corrected chi connectivity index (χ3v) is 3.86. The molecule has 0 amide bonds. The predicted molar refractivity (Wildman–Crippen MR) is 77.7 cm³/mol. The van der Waals surface area contributed by atoms with Gasteiger partial charge >= 0.3 is 0 Å². The number of hydrogen-bond acceptors (Lipinski definition) is 3. The lowest BCUT2D eigenvalue weighted by Gasteiger charge is -2.31. The maximum Gasteiger partial charge on any atom is 0.266 e. The summed E-state index contributed by atoms with van der Waals surface area (Å²) in [5.41, 5.74) is 4.04. The van der Waals surface area contributed by atoms with Crippen LogP contribution in [0.15, 0.2) is 35.1 Å². The fraction of sp³-hybridized carbons (Fsp3) is 0.250. The molecule has 2 heterocycles. The molecule has 1 aromatic heterocycles. The highest BCUT2D eigenvalue weighted by Gasteiger charge is 2.22. The summed E-state index contributed by atoms with van der Waals surface area (Å²) in [6, 6.07) is 12.2. The standard InChI is InChI=1S/C16H15N3O/c1-11-15-10-19(12-5-3-2-4-6-12)8-7-13(15)14(9-17)16(20)18-11/h2-6H,7-8,10H2,1H3,(H,18,20). The number of rotatable bonds is 1. The average molecular weight is 265 g/mol. The van der Waals surface area contributed by atoms with Crippen molar-refractivity contribution in [3.8, 4) is 6.07 Å². The molecule has 20 heavy (non-hydrogen) atoms. The minimum absolute atomic E-state index is 0.267. The van der Waals surface area contributed by atoms with Crippen LogP contribution in [0.25, 0.3) is 0 Å². The number of aryl methyl sites for hydroxylation is 1. The topological polar surface area (TPSA) is 59.9 Å². The minimum atomic E-state index is -0.267. The van der Waals surface area contributed by atoms with E-state index in [1.807, 2.05) is 31.2 Å². The fourth-order valence-corrected chi connectivity index (χ4v) is 2.81. The van der Waals surface area contributed by atoms with Crippen LogP contribution in [0.3, 0.4) is 0 Å². The zero-order chi connectivity index (χ0) is 14.1. The van der Waals surface area contributed by atoms with Gasteiger partial charge in [0, 0.05) is 24.5 Å². The highest BCUT2D eigenvalue weighted by molar-refractivity contribution is 5.52. The van der Waals surface area contributed by atoms with Crippen LogP contribution in [0.5, 0.6) is 0 Å². The van der Waals surface area contributed by atoms with Gasteiger partial charge in [0.25, 0.3) is 5.56 Å². The van der Waals surface area contributed by atoms with Gasteiger partial charge < -0.3 is 9.88 Å². The van der Waals surface area contributed by atoms with E-state index in [-0.39, 0.29) is 11.1 Å². The number of H-pyrrole nitrogens is 1. The second kappa shape index (κ2) is 4.86. The maximum absolute atomic E-state index is 11.8. The second-order valence-electron chi connectivity index (χ2n) is 5.03. The lowest BCUT2D eigenvalue weighted by molar-refractivity contribution is 0.716. The molecule has 0 saturated carbocycles. The van der Waals surface area contributed by atoms with E-state index in [1.165, 1.54) is 5.69 Å². The van der Waals surface area contributed by atoms with Crippen LogP contribution < -0.4 is 10.5 Å². The van der Waals surface area contributed by atoms with Crippen LogP contribution in [0.2, 0.25) is 0 Å². The van der Waals surface area contributed by atoms with Crippen LogP contribution in [0, 0.1) is 18.3 Å². The first-order valence-electron chi connectivity index (χ1n) is 6.65. The zero-order valence-electron chi connectivity index (χ0n) is 11.3. The molecule has 100 valence electrons. The van der Waals surface area contributed by atoms with E-state index in [2.05, 4.69) is 22.0 Å². The monoisotopic (exact) mass is 265 g/mol. The summed E-state index contributed by atoms with van der Waals surface area (Å²) in [5, 5.41) is 9.16. The number of pyridine rings is 1. The van der Waals surface area contributed by atoms with E-state index in [4.69, 9.17) is 5.26 Å². The van der Waals surface area contributed by atoms with E-state index in [0.29, 0.717) is 0 Å². The Morgan fingerprint density at radius 3 is 2.70 bits per heavy atom. The molecule has 1 aromatic carbocycles. The highest BCUT2D eigenvalue weighted by atomic mass is 16.1. The van der Waals surface area contributed by atoms with Crippen LogP contribution >= 0.6 is 0 Å². The third kappa shape index (κ3) is 1.97. The Balaban J connectivity index is 2.05. The first-order valence-corrected chi connectivity index (χ1v) is 6.65. The molecule has 0 bridgehead atoms. The van der Waals surface area contributed by atoms with Gasteiger partial charge in [-0.15, -0.1) is 0 Å². The highest BCUT2D eigenvalue weighted by Crippen LogP contribution is 2.26. The summed E-state index contributed by atoms with van der Waals surface area (Å²) >= 11 is 0. The summed E-state index contributed by atoms with van der Waals surface area (Å²) in [6.07, 6.45) is 0.734. The number of benzene rings is 1. The first kappa shape index (κ1) is 12.5. The van der Waals surface area contributed by atoms with Crippen molar-refractivity contribution < 1.29 is 0 Å².